The lowest BCUT2D eigenvalue weighted by Crippen LogP contribution is -2.22. The highest BCUT2D eigenvalue weighted by atomic mass is 32.2. The summed E-state index contributed by atoms with van der Waals surface area (Å²) in [6.07, 6.45) is 1.46. The summed E-state index contributed by atoms with van der Waals surface area (Å²) in [4.78, 5) is 11.7. The van der Waals surface area contributed by atoms with Crippen molar-refractivity contribution < 1.29 is 18.3 Å². The molecule has 0 fully saturated rings. The third kappa shape index (κ3) is 1.98. The molecule has 22 heavy (non-hydrogen) atoms. The van der Waals surface area contributed by atoms with Crippen LogP contribution in [-0.2, 0) is 10.0 Å². The van der Waals surface area contributed by atoms with Gasteiger partial charge in [0.15, 0.2) is 0 Å². The van der Waals surface area contributed by atoms with Crippen LogP contribution in [0.25, 0.3) is 16.4 Å². The molecule has 0 aliphatic rings. The van der Waals surface area contributed by atoms with Crippen molar-refractivity contribution in [2.24, 2.45) is 0 Å². The van der Waals surface area contributed by atoms with E-state index in [-0.39, 0.29) is 10.5 Å². The van der Waals surface area contributed by atoms with Crippen molar-refractivity contribution in [2.45, 2.75) is 4.90 Å². The molecule has 0 spiro atoms. The highest BCUT2D eigenvalue weighted by Gasteiger charge is 2.21. The number of pyridine rings is 1. The van der Waals surface area contributed by atoms with Gasteiger partial charge in [-0.2, -0.15) is 0 Å². The number of hydrogen-bond acceptors (Lipinski definition) is 3. The summed E-state index contributed by atoms with van der Waals surface area (Å²) in [5.41, 5.74) is 1.29. The van der Waals surface area contributed by atoms with Crippen LogP contribution in [0.4, 0.5) is 0 Å². The van der Waals surface area contributed by atoms with E-state index < -0.39 is 16.0 Å². The number of carbonyl (C=O) groups is 1. The van der Waals surface area contributed by atoms with Gasteiger partial charge in [-0.3, -0.25) is 0 Å². The molecule has 6 nitrogen and oxygen atoms in total. The molecular formula is C15H14N2O4S. The van der Waals surface area contributed by atoms with Crippen LogP contribution in [0.3, 0.4) is 0 Å². The fraction of sp³-hybridized carbons (Fsp3) is 0.133. The molecule has 1 aromatic carbocycles. The van der Waals surface area contributed by atoms with E-state index in [2.05, 4.69) is 0 Å². The molecular weight excluding hydrogens is 304 g/mol. The van der Waals surface area contributed by atoms with E-state index in [9.17, 15) is 18.3 Å². The molecule has 3 aromatic rings. The maximum atomic E-state index is 12.2. The SMILES string of the molecule is CN(C)S(=O)(=O)c1ccc2c(C(=O)O)c3ccccc3n2c1. The van der Waals surface area contributed by atoms with Gasteiger partial charge in [-0.1, -0.05) is 18.2 Å². The topological polar surface area (TPSA) is 79.1 Å². The Morgan fingerprint density at radius 2 is 1.77 bits per heavy atom. The van der Waals surface area contributed by atoms with Crippen LogP contribution in [0.1, 0.15) is 10.4 Å². The fourth-order valence-corrected chi connectivity index (χ4v) is 3.41. The second-order valence-electron chi connectivity index (χ2n) is 5.10. The average molecular weight is 318 g/mol. The van der Waals surface area contributed by atoms with Crippen molar-refractivity contribution in [3.05, 3.63) is 48.2 Å². The molecule has 0 radical (unpaired) electrons. The van der Waals surface area contributed by atoms with E-state index >= 15 is 0 Å². The first-order valence-corrected chi connectivity index (χ1v) is 7.96. The number of rotatable bonds is 3. The zero-order valence-corrected chi connectivity index (χ0v) is 12.8. The predicted octanol–water partition coefficient (Wildman–Crippen LogP) is 2.04. The van der Waals surface area contributed by atoms with Gasteiger partial charge in [0.25, 0.3) is 0 Å². The van der Waals surface area contributed by atoms with Crippen LogP contribution < -0.4 is 0 Å². The van der Waals surface area contributed by atoms with Crippen molar-refractivity contribution in [3.8, 4) is 0 Å². The first kappa shape index (κ1) is 14.6. The minimum Gasteiger partial charge on any atom is -0.478 e. The molecule has 0 aliphatic carbocycles. The fourth-order valence-electron chi connectivity index (χ4n) is 2.51. The Bertz CT molecular complexity index is 1000. The zero-order valence-electron chi connectivity index (χ0n) is 12.0. The zero-order chi connectivity index (χ0) is 16.1. The summed E-state index contributed by atoms with van der Waals surface area (Å²) in [6, 6.07) is 9.97. The summed E-state index contributed by atoms with van der Waals surface area (Å²) < 4.78 is 27.2. The Morgan fingerprint density at radius 3 is 2.41 bits per heavy atom. The van der Waals surface area contributed by atoms with E-state index in [1.54, 1.807) is 28.7 Å². The highest BCUT2D eigenvalue weighted by Crippen LogP contribution is 2.28. The molecule has 0 atom stereocenters. The molecule has 114 valence electrons. The van der Waals surface area contributed by atoms with E-state index in [0.717, 1.165) is 4.31 Å². The first-order chi connectivity index (χ1) is 10.3. The molecule has 7 heteroatoms. The molecule has 0 amide bonds. The lowest BCUT2D eigenvalue weighted by atomic mass is 10.1. The van der Waals surface area contributed by atoms with Gasteiger partial charge in [0.2, 0.25) is 10.0 Å². The van der Waals surface area contributed by atoms with Crippen LogP contribution in [-0.4, -0.2) is 42.3 Å². The van der Waals surface area contributed by atoms with Crippen molar-refractivity contribution >= 4 is 32.4 Å². The minimum atomic E-state index is -3.58. The van der Waals surface area contributed by atoms with Crippen LogP contribution in [0.15, 0.2) is 47.5 Å². The largest absolute Gasteiger partial charge is 0.478 e. The summed E-state index contributed by atoms with van der Waals surface area (Å²) in [5, 5.41) is 10.0. The molecule has 2 aromatic heterocycles. The maximum Gasteiger partial charge on any atom is 0.338 e. The minimum absolute atomic E-state index is 0.114. The van der Waals surface area contributed by atoms with E-state index in [1.807, 2.05) is 0 Å². The predicted molar refractivity (Wildman–Crippen MR) is 82.7 cm³/mol. The number of benzene rings is 1. The lowest BCUT2D eigenvalue weighted by molar-refractivity contribution is 0.0701. The third-order valence-electron chi connectivity index (χ3n) is 3.60. The molecule has 0 unspecified atom stereocenters. The van der Waals surface area contributed by atoms with Crippen LogP contribution >= 0.6 is 0 Å². The summed E-state index contributed by atoms with van der Waals surface area (Å²) in [5.74, 6) is -1.04. The molecule has 2 heterocycles. The Labute approximate surface area is 127 Å². The molecule has 0 saturated heterocycles. The van der Waals surface area contributed by atoms with Crippen molar-refractivity contribution in [1.29, 1.82) is 0 Å². The molecule has 3 rings (SSSR count). The number of hydrogen-bond donors (Lipinski definition) is 1. The van der Waals surface area contributed by atoms with Crippen LogP contribution in [0, 0.1) is 0 Å². The molecule has 0 aliphatic heterocycles. The third-order valence-corrected chi connectivity index (χ3v) is 5.40. The molecule has 0 bridgehead atoms. The van der Waals surface area contributed by atoms with Gasteiger partial charge in [-0.25, -0.2) is 17.5 Å². The smallest absolute Gasteiger partial charge is 0.338 e. The Hall–Kier alpha value is -2.38. The van der Waals surface area contributed by atoms with Crippen molar-refractivity contribution in [3.63, 3.8) is 0 Å². The second-order valence-corrected chi connectivity index (χ2v) is 7.26. The maximum absolute atomic E-state index is 12.2. The van der Waals surface area contributed by atoms with E-state index in [4.69, 9.17) is 0 Å². The molecule has 1 N–H and O–H groups in total. The number of aromatic nitrogens is 1. The number of fused-ring (bicyclic) bond motifs is 3. The van der Waals surface area contributed by atoms with Gasteiger partial charge < -0.3 is 9.51 Å². The van der Waals surface area contributed by atoms with Gasteiger partial charge in [0.05, 0.1) is 21.5 Å². The normalized spacial score (nSPS) is 12.3. The number of sulfonamides is 1. The quantitative estimate of drug-likeness (QED) is 0.801. The summed E-state index contributed by atoms with van der Waals surface area (Å²) in [7, 11) is -0.674. The molecule has 0 saturated carbocycles. The van der Waals surface area contributed by atoms with Gasteiger partial charge >= 0.3 is 5.97 Å². The number of nitrogens with zero attached hydrogens (tertiary/aromatic N) is 2. The monoisotopic (exact) mass is 318 g/mol. The van der Waals surface area contributed by atoms with Gasteiger partial charge in [0.1, 0.15) is 0 Å². The number of carboxylic acid groups (broad SMARTS) is 1. The van der Waals surface area contributed by atoms with Gasteiger partial charge in [0, 0.05) is 25.7 Å². The van der Waals surface area contributed by atoms with Crippen LogP contribution in [0.5, 0.6) is 0 Å². The number of para-hydroxylation sites is 1. The van der Waals surface area contributed by atoms with E-state index in [1.165, 1.54) is 32.4 Å². The summed E-state index contributed by atoms with van der Waals surface area (Å²) in [6.45, 7) is 0. The van der Waals surface area contributed by atoms with Crippen molar-refractivity contribution in [1.82, 2.24) is 8.71 Å². The average Bonchev–Trinajstić information content (AvgIpc) is 2.80. The Kier molecular flexibility index (Phi) is 3.19. The summed E-state index contributed by atoms with van der Waals surface area (Å²) >= 11 is 0. The van der Waals surface area contributed by atoms with Gasteiger partial charge in [-0.15, -0.1) is 0 Å². The highest BCUT2D eigenvalue weighted by molar-refractivity contribution is 7.89. The van der Waals surface area contributed by atoms with Gasteiger partial charge in [-0.05, 0) is 18.2 Å². The lowest BCUT2D eigenvalue weighted by Gasteiger charge is -2.11. The Morgan fingerprint density at radius 1 is 1.09 bits per heavy atom. The number of aromatic carboxylic acids is 1. The number of carboxylic acids is 1. The first-order valence-electron chi connectivity index (χ1n) is 6.52. The van der Waals surface area contributed by atoms with Crippen molar-refractivity contribution in [2.75, 3.05) is 14.1 Å². The van der Waals surface area contributed by atoms with E-state index in [0.29, 0.717) is 16.4 Å². The Balaban J connectivity index is 2.44. The second kappa shape index (κ2) is 4.82. The van der Waals surface area contributed by atoms with Crippen LogP contribution in [0.2, 0.25) is 0 Å². The standard InChI is InChI=1S/C15H14N2O4S/c1-16(2)22(20,21)10-7-8-13-14(15(18)19)11-5-3-4-6-12(11)17(13)9-10/h3-9H,1-2H3,(H,18,19).